The molecule has 0 saturated carbocycles. The SMILES string of the molecule is CCCOc1cc2c(cc1Cc1cccc(Cl)c1F)c(=O)c(C(=O)O)cn2CCO. The van der Waals surface area contributed by atoms with Gasteiger partial charge in [0.25, 0.3) is 0 Å². The molecule has 0 aliphatic rings. The number of aromatic nitrogens is 1. The summed E-state index contributed by atoms with van der Waals surface area (Å²) in [6.07, 6.45) is 2.06. The molecule has 0 unspecified atom stereocenters. The van der Waals surface area contributed by atoms with E-state index >= 15 is 0 Å². The summed E-state index contributed by atoms with van der Waals surface area (Å²) in [4.78, 5) is 24.3. The number of ether oxygens (including phenoxy) is 1. The molecule has 30 heavy (non-hydrogen) atoms. The number of halogens is 2. The highest BCUT2D eigenvalue weighted by Gasteiger charge is 2.18. The fourth-order valence-electron chi connectivity index (χ4n) is 3.28. The summed E-state index contributed by atoms with van der Waals surface area (Å²) in [6, 6.07) is 7.83. The van der Waals surface area contributed by atoms with Crippen LogP contribution in [0.3, 0.4) is 0 Å². The number of carboxylic acids is 1. The number of hydrogen-bond acceptors (Lipinski definition) is 4. The third kappa shape index (κ3) is 4.32. The molecule has 158 valence electrons. The first-order chi connectivity index (χ1) is 14.4. The topological polar surface area (TPSA) is 88.8 Å². The average Bonchev–Trinajstić information content (AvgIpc) is 2.72. The minimum Gasteiger partial charge on any atom is -0.493 e. The largest absolute Gasteiger partial charge is 0.493 e. The molecule has 0 amide bonds. The fourth-order valence-corrected chi connectivity index (χ4v) is 3.48. The van der Waals surface area contributed by atoms with Crippen molar-refractivity contribution in [2.24, 2.45) is 0 Å². The van der Waals surface area contributed by atoms with Gasteiger partial charge in [-0.05, 0) is 29.7 Å². The van der Waals surface area contributed by atoms with Crippen LogP contribution in [-0.4, -0.2) is 34.0 Å². The van der Waals surface area contributed by atoms with Gasteiger partial charge in [0.05, 0.1) is 23.8 Å². The van der Waals surface area contributed by atoms with E-state index in [2.05, 4.69) is 0 Å². The van der Waals surface area contributed by atoms with E-state index in [4.69, 9.17) is 16.3 Å². The quantitative estimate of drug-likeness (QED) is 0.563. The molecular weight excluding hydrogens is 413 g/mol. The Kier molecular flexibility index (Phi) is 6.74. The molecule has 0 aliphatic heterocycles. The molecule has 0 fully saturated rings. The number of rotatable bonds is 8. The number of aliphatic hydroxyl groups is 1. The highest BCUT2D eigenvalue weighted by Crippen LogP contribution is 2.29. The second-order valence-electron chi connectivity index (χ2n) is 6.81. The molecule has 1 heterocycles. The standard InChI is InChI=1S/C22H21ClFNO5/c1-2-8-30-19-11-18-15(21(27)16(22(28)29)12-25(18)6-7-26)10-14(19)9-13-4-3-5-17(23)20(13)24/h3-5,10-12,26H,2,6-9H2,1H3,(H,28,29). The maximum atomic E-state index is 14.5. The van der Waals surface area contributed by atoms with Gasteiger partial charge in [-0.25, -0.2) is 9.18 Å². The Morgan fingerprint density at radius 2 is 2.03 bits per heavy atom. The van der Waals surface area contributed by atoms with E-state index < -0.39 is 22.8 Å². The molecule has 0 saturated heterocycles. The molecule has 0 spiro atoms. The summed E-state index contributed by atoms with van der Waals surface area (Å²) in [5.41, 5.74) is 0.237. The van der Waals surface area contributed by atoms with Crippen molar-refractivity contribution in [1.82, 2.24) is 4.57 Å². The first-order valence-electron chi connectivity index (χ1n) is 9.47. The summed E-state index contributed by atoms with van der Waals surface area (Å²) in [7, 11) is 0. The van der Waals surface area contributed by atoms with Gasteiger partial charge >= 0.3 is 5.97 Å². The number of pyridine rings is 1. The third-order valence-electron chi connectivity index (χ3n) is 4.71. The maximum absolute atomic E-state index is 14.5. The lowest BCUT2D eigenvalue weighted by Gasteiger charge is -2.17. The molecule has 0 radical (unpaired) electrons. The Morgan fingerprint density at radius 3 is 2.70 bits per heavy atom. The van der Waals surface area contributed by atoms with Gasteiger partial charge in [0.2, 0.25) is 5.43 Å². The summed E-state index contributed by atoms with van der Waals surface area (Å²) >= 11 is 5.89. The molecular formula is C22H21ClFNO5. The summed E-state index contributed by atoms with van der Waals surface area (Å²) in [5.74, 6) is -1.46. The van der Waals surface area contributed by atoms with E-state index in [0.29, 0.717) is 29.0 Å². The lowest BCUT2D eigenvalue weighted by molar-refractivity contribution is 0.0694. The van der Waals surface area contributed by atoms with Crippen LogP contribution in [-0.2, 0) is 13.0 Å². The van der Waals surface area contributed by atoms with Crippen LogP contribution < -0.4 is 10.2 Å². The van der Waals surface area contributed by atoms with Gasteiger partial charge in [-0.1, -0.05) is 30.7 Å². The normalized spacial score (nSPS) is 11.1. The van der Waals surface area contributed by atoms with Gasteiger partial charge in [-0.3, -0.25) is 4.79 Å². The highest BCUT2D eigenvalue weighted by atomic mass is 35.5. The van der Waals surface area contributed by atoms with Crippen LogP contribution in [0.5, 0.6) is 5.75 Å². The number of benzene rings is 2. The third-order valence-corrected chi connectivity index (χ3v) is 5.00. The maximum Gasteiger partial charge on any atom is 0.341 e. The lowest BCUT2D eigenvalue weighted by atomic mass is 10.00. The monoisotopic (exact) mass is 433 g/mol. The molecule has 1 aromatic heterocycles. The number of aromatic carboxylic acids is 1. The molecule has 3 aromatic rings. The van der Waals surface area contributed by atoms with Gasteiger partial charge in [0.15, 0.2) is 0 Å². The molecule has 2 aromatic carbocycles. The van der Waals surface area contributed by atoms with Gasteiger partial charge in [-0.15, -0.1) is 0 Å². The van der Waals surface area contributed by atoms with Crippen molar-refractivity contribution in [3.8, 4) is 5.75 Å². The molecule has 0 atom stereocenters. The number of hydrogen-bond donors (Lipinski definition) is 2. The van der Waals surface area contributed by atoms with Crippen LogP contribution >= 0.6 is 11.6 Å². The predicted octanol–water partition coefficient (Wildman–Crippen LogP) is 3.86. The predicted molar refractivity (Wildman–Crippen MR) is 112 cm³/mol. The van der Waals surface area contributed by atoms with Crippen LogP contribution in [0.4, 0.5) is 4.39 Å². The molecule has 3 rings (SSSR count). The van der Waals surface area contributed by atoms with E-state index in [9.17, 15) is 24.2 Å². The van der Waals surface area contributed by atoms with Crippen molar-refractivity contribution in [2.45, 2.75) is 26.3 Å². The number of aliphatic hydroxyl groups excluding tert-OH is 1. The molecule has 2 N–H and O–H groups in total. The average molecular weight is 434 g/mol. The van der Waals surface area contributed by atoms with Crippen LogP contribution in [0.2, 0.25) is 5.02 Å². The Bertz CT molecular complexity index is 1160. The molecule has 0 bridgehead atoms. The van der Waals surface area contributed by atoms with Gasteiger partial charge < -0.3 is 19.5 Å². The van der Waals surface area contributed by atoms with Crippen LogP contribution in [0.15, 0.2) is 41.3 Å². The van der Waals surface area contributed by atoms with Crippen LogP contribution in [0.1, 0.15) is 34.8 Å². The smallest absolute Gasteiger partial charge is 0.341 e. The van der Waals surface area contributed by atoms with E-state index in [1.165, 1.54) is 22.9 Å². The van der Waals surface area contributed by atoms with Crippen molar-refractivity contribution >= 4 is 28.5 Å². The fraction of sp³-hybridized carbons (Fsp3) is 0.273. The molecule has 8 heteroatoms. The molecule has 6 nitrogen and oxygen atoms in total. The number of nitrogens with zero attached hydrogens (tertiary/aromatic N) is 1. The summed E-state index contributed by atoms with van der Waals surface area (Å²) in [6.45, 7) is 2.22. The zero-order valence-electron chi connectivity index (χ0n) is 16.3. The Morgan fingerprint density at radius 1 is 1.27 bits per heavy atom. The van der Waals surface area contributed by atoms with E-state index in [-0.39, 0.29) is 30.0 Å². The minimum absolute atomic E-state index is 0.0113. The minimum atomic E-state index is -1.36. The second kappa shape index (κ2) is 9.28. The van der Waals surface area contributed by atoms with Crippen LogP contribution in [0, 0.1) is 5.82 Å². The van der Waals surface area contributed by atoms with Crippen molar-refractivity contribution in [2.75, 3.05) is 13.2 Å². The van der Waals surface area contributed by atoms with E-state index in [0.717, 1.165) is 6.42 Å². The number of carboxylic acid groups (broad SMARTS) is 1. The van der Waals surface area contributed by atoms with Crippen molar-refractivity contribution in [1.29, 1.82) is 0 Å². The first kappa shape index (κ1) is 21.8. The van der Waals surface area contributed by atoms with Crippen molar-refractivity contribution < 1.29 is 24.1 Å². The first-order valence-corrected chi connectivity index (χ1v) is 9.85. The van der Waals surface area contributed by atoms with Crippen molar-refractivity contribution in [3.63, 3.8) is 0 Å². The van der Waals surface area contributed by atoms with Crippen LogP contribution in [0.25, 0.3) is 10.9 Å². The number of carbonyl (C=O) groups is 1. The highest BCUT2D eigenvalue weighted by molar-refractivity contribution is 6.30. The zero-order chi connectivity index (χ0) is 21.8. The van der Waals surface area contributed by atoms with Gasteiger partial charge in [-0.2, -0.15) is 0 Å². The van der Waals surface area contributed by atoms with E-state index in [1.807, 2.05) is 6.92 Å². The number of fused-ring (bicyclic) bond motifs is 1. The Hall–Kier alpha value is -2.90. The van der Waals surface area contributed by atoms with Crippen molar-refractivity contribution in [3.05, 3.63) is 74.3 Å². The Labute approximate surface area is 177 Å². The molecule has 0 aliphatic carbocycles. The lowest BCUT2D eigenvalue weighted by Crippen LogP contribution is -2.20. The summed E-state index contributed by atoms with van der Waals surface area (Å²) < 4.78 is 21.8. The second-order valence-corrected chi connectivity index (χ2v) is 7.22. The zero-order valence-corrected chi connectivity index (χ0v) is 17.1. The van der Waals surface area contributed by atoms with Gasteiger partial charge in [0.1, 0.15) is 17.1 Å². The van der Waals surface area contributed by atoms with E-state index in [1.54, 1.807) is 18.2 Å². The Balaban J connectivity index is 2.26. The van der Waals surface area contributed by atoms with Gasteiger partial charge in [0, 0.05) is 30.6 Å². The summed E-state index contributed by atoms with van der Waals surface area (Å²) in [5, 5.41) is 18.9.